The summed E-state index contributed by atoms with van der Waals surface area (Å²) in [6.45, 7) is 2.96. The summed E-state index contributed by atoms with van der Waals surface area (Å²) in [6.07, 6.45) is 0. The first-order valence-electron chi connectivity index (χ1n) is 4.16. The minimum atomic E-state index is 0.155. The van der Waals surface area contributed by atoms with Crippen molar-refractivity contribution >= 4 is 0 Å². The van der Waals surface area contributed by atoms with Crippen molar-refractivity contribution in [3.05, 3.63) is 23.8 Å². The fourth-order valence-corrected chi connectivity index (χ4v) is 1.06. The van der Waals surface area contributed by atoms with Gasteiger partial charge in [0.05, 0.1) is 6.61 Å². The number of ether oxygens (including phenoxy) is 1. The van der Waals surface area contributed by atoms with E-state index in [9.17, 15) is 5.11 Å². The molecule has 1 aromatic carbocycles. The first kappa shape index (κ1) is 9.83. The number of hydrogen-bond donors (Lipinski definition) is 3. The molecule has 0 aliphatic carbocycles. The standard InChI is InChI=1S/C9H14N2O2/c1-2-13-9-5-7(6-11-10)3-4-8(9)12/h3-5,11-12H,2,6,10H2,1H3. The van der Waals surface area contributed by atoms with E-state index in [1.807, 2.05) is 6.92 Å². The second-order valence-electron chi connectivity index (χ2n) is 2.62. The molecule has 4 N–H and O–H groups in total. The van der Waals surface area contributed by atoms with Gasteiger partial charge < -0.3 is 9.84 Å². The largest absolute Gasteiger partial charge is 0.504 e. The summed E-state index contributed by atoms with van der Waals surface area (Å²) in [5, 5.41) is 9.36. The molecule has 0 bridgehead atoms. The maximum absolute atomic E-state index is 9.36. The number of aromatic hydroxyl groups is 1. The quantitative estimate of drug-likeness (QED) is 0.475. The van der Waals surface area contributed by atoms with Gasteiger partial charge in [0.15, 0.2) is 11.5 Å². The Labute approximate surface area is 77.3 Å². The second kappa shape index (κ2) is 4.69. The van der Waals surface area contributed by atoms with Crippen LogP contribution in [0.3, 0.4) is 0 Å². The molecule has 72 valence electrons. The molecule has 0 heterocycles. The van der Waals surface area contributed by atoms with Crippen LogP contribution in [0.15, 0.2) is 18.2 Å². The summed E-state index contributed by atoms with van der Waals surface area (Å²) in [5.74, 6) is 5.82. The molecule has 0 aliphatic rings. The lowest BCUT2D eigenvalue weighted by Gasteiger charge is -2.07. The number of hydrazine groups is 1. The third-order valence-corrected chi connectivity index (χ3v) is 1.63. The number of phenols is 1. The van der Waals surface area contributed by atoms with E-state index < -0.39 is 0 Å². The maximum Gasteiger partial charge on any atom is 0.161 e. The van der Waals surface area contributed by atoms with Crippen molar-refractivity contribution in [3.63, 3.8) is 0 Å². The van der Waals surface area contributed by atoms with Crippen LogP contribution in [-0.2, 0) is 6.54 Å². The molecule has 0 aromatic heterocycles. The summed E-state index contributed by atoms with van der Waals surface area (Å²) in [6, 6.07) is 5.15. The average molecular weight is 182 g/mol. The first-order valence-corrected chi connectivity index (χ1v) is 4.16. The Morgan fingerprint density at radius 1 is 1.54 bits per heavy atom. The Morgan fingerprint density at radius 2 is 2.31 bits per heavy atom. The molecule has 13 heavy (non-hydrogen) atoms. The minimum absolute atomic E-state index is 0.155. The Bertz CT molecular complexity index is 276. The number of nitrogens with one attached hydrogen (secondary N) is 1. The zero-order valence-corrected chi connectivity index (χ0v) is 7.58. The highest BCUT2D eigenvalue weighted by atomic mass is 16.5. The van der Waals surface area contributed by atoms with Gasteiger partial charge >= 0.3 is 0 Å². The molecule has 0 saturated heterocycles. The van der Waals surface area contributed by atoms with E-state index >= 15 is 0 Å². The van der Waals surface area contributed by atoms with Gasteiger partial charge in [0, 0.05) is 6.54 Å². The summed E-state index contributed by atoms with van der Waals surface area (Å²) < 4.78 is 5.21. The van der Waals surface area contributed by atoms with Gasteiger partial charge in [-0.15, -0.1) is 0 Å². The molecule has 4 heteroatoms. The fourth-order valence-electron chi connectivity index (χ4n) is 1.06. The van der Waals surface area contributed by atoms with Crippen LogP contribution >= 0.6 is 0 Å². The Morgan fingerprint density at radius 3 is 2.92 bits per heavy atom. The first-order chi connectivity index (χ1) is 6.27. The van der Waals surface area contributed by atoms with E-state index in [1.165, 1.54) is 0 Å². The van der Waals surface area contributed by atoms with E-state index in [-0.39, 0.29) is 5.75 Å². The lowest BCUT2D eigenvalue weighted by molar-refractivity contribution is 0.317. The molecule has 0 unspecified atom stereocenters. The fraction of sp³-hybridized carbons (Fsp3) is 0.333. The van der Waals surface area contributed by atoms with Crippen LogP contribution in [0.1, 0.15) is 12.5 Å². The van der Waals surface area contributed by atoms with Crippen molar-refractivity contribution in [2.24, 2.45) is 5.84 Å². The monoisotopic (exact) mass is 182 g/mol. The summed E-state index contributed by atoms with van der Waals surface area (Å²) in [5.41, 5.74) is 3.51. The van der Waals surface area contributed by atoms with Crippen molar-refractivity contribution in [2.45, 2.75) is 13.5 Å². The van der Waals surface area contributed by atoms with Crippen molar-refractivity contribution in [3.8, 4) is 11.5 Å². The van der Waals surface area contributed by atoms with E-state index in [0.29, 0.717) is 18.9 Å². The zero-order valence-electron chi connectivity index (χ0n) is 7.58. The number of phenolic OH excluding ortho intramolecular Hbond substituents is 1. The molecule has 0 amide bonds. The highest BCUT2D eigenvalue weighted by molar-refractivity contribution is 5.41. The lowest BCUT2D eigenvalue weighted by atomic mass is 10.2. The normalized spacial score (nSPS) is 10.0. The summed E-state index contributed by atoms with van der Waals surface area (Å²) >= 11 is 0. The van der Waals surface area contributed by atoms with Gasteiger partial charge in [-0.2, -0.15) is 0 Å². The van der Waals surface area contributed by atoms with Crippen LogP contribution in [0.5, 0.6) is 11.5 Å². The van der Waals surface area contributed by atoms with Crippen molar-refractivity contribution in [1.82, 2.24) is 5.43 Å². The van der Waals surface area contributed by atoms with Crippen LogP contribution in [0, 0.1) is 0 Å². The average Bonchev–Trinajstić information content (AvgIpc) is 2.12. The summed E-state index contributed by atoms with van der Waals surface area (Å²) in [7, 11) is 0. The molecular formula is C9H14N2O2. The molecule has 1 rings (SSSR count). The SMILES string of the molecule is CCOc1cc(CNN)ccc1O. The van der Waals surface area contributed by atoms with Crippen molar-refractivity contribution in [1.29, 1.82) is 0 Å². The lowest BCUT2D eigenvalue weighted by Crippen LogP contribution is -2.20. The van der Waals surface area contributed by atoms with E-state index in [0.717, 1.165) is 5.56 Å². The van der Waals surface area contributed by atoms with Gasteiger partial charge in [-0.1, -0.05) is 6.07 Å². The van der Waals surface area contributed by atoms with Crippen molar-refractivity contribution in [2.75, 3.05) is 6.61 Å². The summed E-state index contributed by atoms with van der Waals surface area (Å²) in [4.78, 5) is 0. The number of hydrogen-bond acceptors (Lipinski definition) is 4. The predicted molar refractivity (Wildman–Crippen MR) is 50.3 cm³/mol. The minimum Gasteiger partial charge on any atom is -0.504 e. The highest BCUT2D eigenvalue weighted by Gasteiger charge is 2.02. The smallest absolute Gasteiger partial charge is 0.161 e. The van der Waals surface area contributed by atoms with Gasteiger partial charge in [0.2, 0.25) is 0 Å². The van der Waals surface area contributed by atoms with Gasteiger partial charge in [-0.05, 0) is 24.6 Å². The van der Waals surface area contributed by atoms with E-state index in [4.69, 9.17) is 10.6 Å². The topological polar surface area (TPSA) is 67.5 Å². The third kappa shape index (κ3) is 2.61. The number of rotatable bonds is 4. The maximum atomic E-state index is 9.36. The van der Waals surface area contributed by atoms with Crippen LogP contribution < -0.4 is 16.0 Å². The molecule has 0 radical (unpaired) electrons. The zero-order chi connectivity index (χ0) is 9.68. The van der Waals surface area contributed by atoms with Crippen LogP contribution in [0.25, 0.3) is 0 Å². The van der Waals surface area contributed by atoms with Gasteiger partial charge in [-0.3, -0.25) is 11.3 Å². The molecule has 0 spiro atoms. The van der Waals surface area contributed by atoms with Crippen LogP contribution in [0.2, 0.25) is 0 Å². The Kier molecular flexibility index (Phi) is 3.54. The van der Waals surface area contributed by atoms with Crippen molar-refractivity contribution < 1.29 is 9.84 Å². The molecule has 4 nitrogen and oxygen atoms in total. The third-order valence-electron chi connectivity index (χ3n) is 1.63. The molecule has 0 fully saturated rings. The molecule has 0 aliphatic heterocycles. The Hall–Kier alpha value is -1.26. The van der Waals surface area contributed by atoms with Crippen LogP contribution in [0.4, 0.5) is 0 Å². The molecule has 0 atom stereocenters. The predicted octanol–water partition coefficient (Wildman–Crippen LogP) is 0.754. The highest BCUT2D eigenvalue weighted by Crippen LogP contribution is 2.26. The van der Waals surface area contributed by atoms with Gasteiger partial charge in [0.1, 0.15) is 0 Å². The number of benzene rings is 1. The van der Waals surface area contributed by atoms with E-state index in [1.54, 1.807) is 18.2 Å². The molecular weight excluding hydrogens is 168 g/mol. The Balaban J connectivity index is 2.83. The van der Waals surface area contributed by atoms with Crippen LogP contribution in [-0.4, -0.2) is 11.7 Å². The second-order valence-corrected chi connectivity index (χ2v) is 2.62. The van der Waals surface area contributed by atoms with Gasteiger partial charge in [-0.25, -0.2) is 0 Å². The van der Waals surface area contributed by atoms with Gasteiger partial charge in [0.25, 0.3) is 0 Å². The molecule has 0 saturated carbocycles. The number of nitrogens with two attached hydrogens (primary N) is 1. The van der Waals surface area contributed by atoms with E-state index in [2.05, 4.69) is 5.43 Å². The molecule has 1 aromatic rings.